The molecule has 2 aromatic rings. The summed E-state index contributed by atoms with van der Waals surface area (Å²) in [5.41, 5.74) is 0.453. The van der Waals surface area contributed by atoms with Crippen molar-refractivity contribution in [2.24, 2.45) is 23.7 Å². The van der Waals surface area contributed by atoms with E-state index in [2.05, 4.69) is 0 Å². The third-order valence-electron chi connectivity index (χ3n) is 6.39. The molecule has 2 aliphatic carbocycles. The van der Waals surface area contributed by atoms with Gasteiger partial charge in [0, 0.05) is 5.02 Å². The minimum atomic E-state index is -0.682. The van der Waals surface area contributed by atoms with Gasteiger partial charge in [0.1, 0.15) is 0 Å². The minimum Gasteiger partial charge on any atom is -0.421 e. The normalized spacial score (nSPS) is 27.4. The smallest absolute Gasteiger partial charge is 0.345 e. The van der Waals surface area contributed by atoms with E-state index in [-0.39, 0.29) is 51.8 Å². The number of carbonyl (C=O) groups excluding carboxylic acids is 3. The Kier molecular flexibility index (Phi) is 4.41. The Labute approximate surface area is 177 Å². The van der Waals surface area contributed by atoms with Crippen molar-refractivity contribution in [1.29, 1.82) is 0 Å². The molecule has 148 valence electrons. The van der Waals surface area contributed by atoms with Gasteiger partial charge in [-0.2, -0.15) is 0 Å². The summed E-state index contributed by atoms with van der Waals surface area (Å²) in [6.45, 7) is 0. The number of carbonyl (C=O) groups is 3. The molecule has 5 nitrogen and oxygen atoms in total. The lowest BCUT2D eigenvalue weighted by Gasteiger charge is -2.20. The number of amides is 2. The highest BCUT2D eigenvalue weighted by atomic mass is 35.5. The quantitative estimate of drug-likeness (QED) is 0.401. The standard InChI is InChI=1S/C22H17Cl2NO4/c23-13-7-8-14(15(24)10-13)22(28)29-17-4-2-1-3-16(17)25-20(26)18-11-5-6-12(9-11)19(18)21(25)27/h1-4,7-8,10-12,18-19H,5-6,9H2/t11-,12+,18-,19+. The van der Waals surface area contributed by atoms with E-state index in [0.29, 0.717) is 10.7 Å². The number of hydrogen-bond donors (Lipinski definition) is 0. The summed E-state index contributed by atoms with van der Waals surface area (Å²) in [5.74, 6) is -0.800. The number of anilines is 1. The number of halogens is 2. The molecular formula is C22H17Cl2NO4. The van der Waals surface area contributed by atoms with Gasteiger partial charge in [0.05, 0.1) is 28.1 Å². The first-order chi connectivity index (χ1) is 14.0. The molecule has 1 heterocycles. The van der Waals surface area contributed by atoms with Gasteiger partial charge in [-0.05, 0) is 61.4 Å². The summed E-state index contributed by atoms with van der Waals surface area (Å²) in [6, 6.07) is 11.1. The van der Waals surface area contributed by atoms with Crippen LogP contribution in [0.1, 0.15) is 29.6 Å². The third-order valence-corrected chi connectivity index (χ3v) is 6.94. The summed E-state index contributed by atoms with van der Waals surface area (Å²) >= 11 is 12.0. The van der Waals surface area contributed by atoms with Crippen LogP contribution in [0.5, 0.6) is 5.75 Å². The van der Waals surface area contributed by atoms with Crippen molar-refractivity contribution in [3.05, 3.63) is 58.1 Å². The first-order valence-corrected chi connectivity index (χ1v) is 10.4. The number of rotatable bonds is 3. The number of hydrogen-bond acceptors (Lipinski definition) is 4. The van der Waals surface area contributed by atoms with Crippen molar-refractivity contribution in [3.63, 3.8) is 0 Å². The van der Waals surface area contributed by atoms with Crippen LogP contribution in [0.25, 0.3) is 0 Å². The Morgan fingerprint density at radius 2 is 1.62 bits per heavy atom. The highest BCUT2D eigenvalue weighted by molar-refractivity contribution is 6.36. The van der Waals surface area contributed by atoms with Gasteiger partial charge in [0.15, 0.2) is 5.75 Å². The van der Waals surface area contributed by atoms with E-state index in [4.69, 9.17) is 27.9 Å². The lowest BCUT2D eigenvalue weighted by molar-refractivity contribution is -0.123. The molecular weight excluding hydrogens is 413 g/mol. The van der Waals surface area contributed by atoms with Gasteiger partial charge in [-0.1, -0.05) is 35.3 Å². The van der Waals surface area contributed by atoms with E-state index in [1.165, 1.54) is 17.0 Å². The Morgan fingerprint density at radius 3 is 2.28 bits per heavy atom. The lowest BCUT2D eigenvalue weighted by Crippen LogP contribution is -2.33. The van der Waals surface area contributed by atoms with Crippen LogP contribution >= 0.6 is 23.2 Å². The number of esters is 1. The zero-order chi connectivity index (χ0) is 20.3. The molecule has 3 fully saturated rings. The molecule has 2 saturated carbocycles. The Bertz CT molecular complexity index is 1020. The van der Waals surface area contributed by atoms with Crippen LogP contribution in [0.4, 0.5) is 5.69 Å². The van der Waals surface area contributed by atoms with Crippen molar-refractivity contribution in [1.82, 2.24) is 0 Å². The third kappa shape index (κ3) is 2.87. The fourth-order valence-electron chi connectivity index (χ4n) is 5.18. The maximum absolute atomic E-state index is 13.1. The van der Waals surface area contributed by atoms with Crippen LogP contribution in [0.3, 0.4) is 0 Å². The number of imide groups is 1. The van der Waals surface area contributed by atoms with Crippen LogP contribution in [-0.2, 0) is 9.59 Å². The van der Waals surface area contributed by atoms with E-state index in [9.17, 15) is 14.4 Å². The topological polar surface area (TPSA) is 63.7 Å². The van der Waals surface area contributed by atoms with Crippen LogP contribution < -0.4 is 9.64 Å². The molecule has 2 bridgehead atoms. The molecule has 29 heavy (non-hydrogen) atoms. The summed E-state index contributed by atoms with van der Waals surface area (Å²) in [5, 5.41) is 0.570. The minimum absolute atomic E-state index is 0.150. The second-order valence-electron chi connectivity index (χ2n) is 7.88. The summed E-state index contributed by atoms with van der Waals surface area (Å²) in [6.07, 6.45) is 2.97. The predicted octanol–water partition coefficient (Wildman–Crippen LogP) is 4.75. The van der Waals surface area contributed by atoms with Gasteiger partial charge in [0.2, 0.25) is 11.8 Å². The van der Waals surface area contributed by atoms with Gasteiger partial charge < -0.3 is 4.74 Å². The summed E-state index contributed by atoms with van der Waals surface area (Å²) in [4.78, 5) is 40.1. The Hall–Kier alpha value is -2.37. The molecule has 4 atom stereocenters. The predicted molar refractivity (Wildman–Crippen MR) is 108 cm³/mol. The zero-order valence-electron chi connectivity index (χ0n) is 15.3. The molecule has 0 spiro atoms. The molecule has 1 saturated heterocycles. The van der Waals surface area contributed by atoms with Crippen LogP contribution in [0.2, 0.25) is 10.0 Å². The summed E-state index contributed by atoms with van der Waals surface area (Å²) in [7, 11) is 0. The van der Waals surface area contributed by atoms with Gasteiger partial charge >= 0.3 is 5.97 Å². The van der Waals surface area contributed by atoms with Gasteiger partial charge in [0.25, 0.3) is 0 Å². The maximum Gasteiger partial charge on any atom is 0.345 e. The average molecular weight is 430 g/mol. The monoisotopic (exact) mass is 429 g/mol. The molecule has 0 aromatic heterocycles. The van der Waals surface area contributed by atoms with Crippen molar-refractivity contribution < 1.29 is 19.1 Å². The fourth-order valence-corrected chi connectivity index (χ4v) is 5.67. The van der Waals surface area contributed by atoms with Crippen molar-refractivity contribution in [3.8, 4) is 5.75 Å². The van der Waals surface area contributed by atoms with Crippen molar-refractivity contribution in [2.45, 2.75) is 19.3 Å². The molecule has 5 rings (SSSR count). The number of para-hydroxylation sites is 2. The van der Waals surface area contributed by atoms with E-state index in [1.54, 1.807) is 30.3 Å². The molecule has 7 heteroatoms. The molecule has 0 N–H and O–H groups in total. The van der Waals surface area contributed by atoms with E-state index < -0.39 is 5.97 Å². The second kappa shape index (κ2) is 6.85. The lowest BCUT2D eigenvalue weighted by atomic mass is 9.81. The van der Waals surface area contributed by atoms with E-state index >= 15 is 0 Å². The van der Waals surface area contributed by atoms with E-state index in [0.717, 1.165) is 19.3 Å². The second-order valence-corrected chi connectivity index (χ2v) is 8.72. The Balaban J connectivity index is 1.47. The highest BCUT2D eigenvalue weighted by Crippen LogP contribution is 2.57. The molecule has 2 aromatic carbocycles. The number of nitrogens with zero attached hydrogens (tertiary/aromatic N) is 1. The van der Waals surface area contributed by atoms with Crippen molar-refractivity contribution >= 4 is 46.7 Å². The summed E-state index contributed by atoms with van der Waals surface area (Å²) < 4.78 is 5.54. The van der Waals surface area contributed by atoms with Crippen LogP contribution in [0, 0.1) is 23.7 Å². The number of benzene rings is 2. The fraction of sp³-hybridized carbons (Fsp3) is 0.318. The van der Waals surface area contributed by atoms with Gasteiger partial charge in [-0.3, -0.25) is 9.59 Å². The molecule has 1 aliphatic heterocycles. The van der Waals surface area contributed by atoms with Crippen molar-refractivity contribution in [2.75, 3.05) is 4.90 Å². The molecule has 0 unspecified atom stereocenters. The van der Waals surface area contributed by atoms with Gasteiger partial charge in [-0.15, -0.1) is 0 Å². The first-order valence-electron chi connectivity index (χ1n) is 9.60. The largest absolute Gasteiger partial charge is 0.421 e. The zero-order valence-corrected chi connectivity index (χ0v) is 16.8. The van der Waals surface area contributed by atoms with E-state index in [1.807, 2.05) is 0 Å². The number of ether oxygens (including phenoxy) is 1. The van der Waals surface area contributed by atoms with Gasteiger partial charge in [-0.25, -0.2) is 9.69 Å². The SMILES string of the molecule is O=C(Oc1ccccc1N1C(=O)[C@@H]2[C@@H]3CC[C@@H](C3)[C@@H]2C1=O)c1ccc(Cl)cc1Cl. The first kappa shape index (κ1) is 18.6. The highest BCUT2D eigenvalue weighted by Gasteiger charge is 2.61. The molecule has 2 amide bonds. The number of fused-ring (bicyclic) bond motifs is 5. The molecule has 0 radical (unpaired) electrons. The van der Waals surface area contributed by atoms with Crippen LogP contribution in [0.15, 0.2) is 42.5 Å². The Morgan fingerprint density at radius 1 is 0.966 bits per heavy atom. The average Bonchev–Trinajstić information content (AvgIpc) is 3.36. The molecule has 3 aliphatic rings. The van der Waals surface area contributed by atoms with Crippen LogP contribution in [-0.4, -0.2) is 17.8 Å². The maximum atomic E-state index is 13.1.